The van der Waals surface area contributed by atoms with E-state index in [0.29, 0.717) is 12.1 Å². The summed E-state index contributed by atoms with van der Waals surface area (Å²) < 4.78 is 11.7. The number of aromatic nitrogens is 1. The first-order chi connectivity index (χ1) is 13.3. The lowest BCUT2D eigenvalue weighted by atomic mass is 10.1. The molecule has 0 aliphatic rings. The zero-order valence-electron chi connectivity index (χ0n) is 14.6. The van der Waals surface area contributed by atoms with E-state index in [1.165, 1.54) is 0 Å². The third-order valence-electron chi connectivity index (χ3n) is 4.19. The Hall–Kier alpha value is -3.60. The van der Waals surface area contributed by atoms with Gasteiger partial charge in [-0.3, -0.25) is 9.78 Å². The molecule has 0 radical (unpaired) electrons. The molecule has 134 valence electrons. The summed E-state index contributed by atoms with van der Waals surface area (Å²) >= 11 is 0. The summed E-state index contributed by atoms with van der Waals surface area (Å²) in [5, 5.41) is 3.74. The summed E-state index contributed by atoms with van der Waals surface area (Å²) in [5.74, 6) is 0.717. The van der Waals surface area contributed by atoms with Crippen LogP contribution >= 0.6 is 0 Å². The molecule has 1 amide bonds. The Kier molecular flexibility index (Phi) is 4.83. The summed E-state index contributed by atoms with van der Waals surface area (Å²) in [6.07, 6.45) is 1.70. The molecule has 0 aliphatic carbocycles. The van der Waals surface area contributed by atoms with Crippen molar-refractivity contribution in [3.63, 3.8) is 0 Å². The van der Waals surface area contributed by atoms with Gasteiger partial charge in [0.1, 0.15) is 17.9 Å². The van der Waals surface area contributed by atoms with Crippen LogP contribution in [0.4, 0.5) is 0 Å². The van der Waals surface area contributed by atoms with E-state index in [9.17, 15) is 4.79 Å². The van der Waals surface area contributed by atoms with Gasteiger partial charge in [0.25, 0.3) is 5.91 Å². The monoisotopic (exact) mass is 358 g/mol. The van der Waals surface area contributed by atoms with Crippen LogP contribution in [-0.4, -0.2) is 10.9 Å². The quantitative estimate of drug-likeness (QED) is 0.557. The number of hydrogen-bond donors (Lipinski definition) is 1. The summed E-state index contributed by atoms with van der Waals surface area (Å²) in [4.78, 5) is 16.9. The highest BCUT2D eigenvalue weighted by atomic mass is 16.5. The van der Waals surface area contributed by atoms with Crippen LogP contribution in [0.1, 0.15) is 21.8 Å². The van der Waals surface area contributed by atoms with Gasteiger partial charge < -0.3 is 14.5 Å². The molecule has 0 atom stereocenters. The lowest BCUT2D eigenvalue weighted by Crippen LogP contribution is -2.24. The van der Waals surface area contributed by atoms with E-state index in [2.05, 4.69) is 10.3 Å². The second-order valence-corrected chi connectivity index (χ2v) is 6.01. The standard InChI is InChI=1S/C22H18N2O3/c25-22(24-14-16-8-6-7-13-23-16)21-19(15-26-17-9-2-1-3-10-17)18-11-4-5-12-20(18)27-21/h1-13H,14-15H2,(H,24,25). The first-order valence-corrected chi connectivity index (χ1v) is 8.67. The van der Waals surface area contributed by atoms with Crippen LogP contribution in [0.25, 0.3) is 11.0 Å². The maximum absolute atomic E-state index is 12.7. The van der Waals surface area contributed by atoms with E-state index >= 15 is 0 Å². The van der Waals surface area contributed by atoms with Crippen LogP contribution in [0.3, 0.4) is 0 Å². The smallest absolute Gasteiger partial charge is 0.287 e. The molecule has 2 heterocycles. The number of furan rings is 1. The van der Waals surface area contributed by atoms with Crippen LogP contribution in [0.2, 0.25) is 0 Å². The Morgan fingerprint density at radius 1 is 0.963 bits per heavy atom. The Morgan fingerprint density at radius 2 is 1.74 bits per heavy atom. The van der Waals surface area contributed by atoms with Crippen molar-refractivity contribution in [3.05, 3.63) is 96.0 Å². The molecule has 5 nitrogen and oxygen atoms in total. The van der Waals surface area contributed by atoms with E-state index in [4.69, 9.17) is 9.15 Å². The molecule has 0 unspecified atom stereocenters. The lowest BCUT2D eigenvalue weighted by molar-refractivity contribution is 0.0921. The molecule has 0 saturated carbocycles. The summed E-state index contributed by atoms with van der Waals surface area (Å²) in [7, 11) is 0. The highest BCUT2D eigenvalue weighted by molar-refractivity contribution is 5.99. The van der Waals surface area contributed by atoms with Gasteiger partial charge in [0.05, 0.1) is 12.2 Å². The number of hydrogen-bond acceptors (Lipinski definition) is 4. The molecule has 0 saturated heterocycles. The number of amides is 1. The molecular formula is C22H18N2O3. The second kappa shape index (κ2) is 7.74. The van der Waals surface area contributed by atoms with Crippen molar-refractivity contribution in [3.8, 4) is 5.75 Å². The molecule has 0 spiro atoms. The van der Waals surface area contributed by atoms with Gasteiger partial charge in [-0.2, -0.15) is 0 Å². The highest BCUT2D eigenvalue weighted by Crippen LogP contribution is 2.27. The van der Waals surface area contributed by atoms with Gasteiger partial charge in [-0.25, -0.2) is 0 Å². The van der Waals surface area contributed by atoms with Crippen molar-refractivity contribution < 1.29 is 13.9 Å². The third kappa shape index (κ3) is 3.82. The Morgan fingerprint density at radius 3 is 2.56 bits per heavy atom. The van der Waals surface area contributed by atoms with Crippen LogP contribution in [-0.2, 0) is 13.2 Å². The minimum Gasteiger partial charge on any atom is -0.489 e. The fraction of sp³-hybridized carbons (Fsp3) is 0.0909. The van der Waals surface area contributed by atoms with E-state index in [-0.39, 0.29) is 18.3 Å². The molecular weight excluding hydrogens is 340 g/mol. The van der Waals surface area contributed by atoms with Gasteiger partial charge in [0.2, 0.25) is 0 Å². The predicted molar refractivity (Wildman–Crippen MR) is 102 cm³/mol. The van der Waals surface area contributed by atoms with Crippen molar-refractivity contribution >= 4 is 16.9 Å². The van der Waals surface area contributed by atoms with Gasteiger partial charge in [-0.1, -0.05) is 42.5 Å². The summed E-state index contributed by atoms with van der Waals surface area (Å²) in [6.45, 7) is 0.572. The molecule has 27 heavy (non-hydrogen) atoms. The van der Waals surface area contributed by atoms with Crippen molar-refractivity contribution in [2.24, 2.45) is 0 Å². The SMILES string of the molecule is O=C(NCc1ccccn1)c1oc2ccccc2c1COc1ccccc1. The third-order valence-corrected chi connectivity index (χ3v) is 4.19. The Labute approximate surface area is 156 Å². The topological polar surface area (TPSA) is 64.4 Å². The van der Waals surface area contributed by atoms with E-state index in [1.807, 2.05) is 72.8 Å². The number of nitrogens with one attached hydrogen (secondary N) is 1. The van der Waals surface area contributed by atoms with Crippen LogP contribution in [0, 0.1) is 0 Å². The van der Waals surface area contributed by atoms with Gasteiger partial charge >= 0.3 is 0 Å². The first kappa shape index (κ1) is 16.8. The number of benzene rings is 2. The Balaban J connectivity index is 1.58. The zero-order chi connectivity index (χ0) is 18.5. The average Bonchev–Trinajstić information content (AvgIpc) is 3.11. The minimum atomic E-state index is -0.288. The number of pyridine rings is 1. The highest BCUT2D eigenvalue weighted by Gasteiger charge is 2.21. The molecule has 0 bridgehead atoms. The molecule has 2 aromatic heterocycles. The van der Waals surface area contributed by atoms with Gasteiger partial charge in [0, 0.05) is 17.1 Å². The van der Waals surface area contributed by atoms with Gasteiger partial charge in [-0.15, -0.1) is 0 Å². The van der Waals surface area contributed by atoms with Crippen LogP contribution in [0.5, 0.6) is 5.75 Å². The maximum atomic E-state index is 12.7. The number of nitrogens with zero attached hydrogens (tertiary/aromatic N) is 1. The van der Waals surface area contributed by atoms with Crippen molar-refractivity contribution in [1.29, 1.82) is 0 Å². The number of rotatable bonds is 6. The molecule has 0 fully saturated rings. The van der Waals surface area contributed by atoms with Gasteiger partial charge in [0.15, 0.2) is 5.76 Å². The number of para-hydroxylation sites is 2. The Bertz CT molecular complexity index is 1040. The number of carbonyl (C=O) groups is 1. The summed E-state index contributed by atoms with van der Waals surface area (Å²) in [6, 6.07) is 22.6. The van der Waals surface area contributed by atoms with E-state index in [0.717, 1.165) is 22.4 Å². The van der Waals surface area contributed by atoms with E-state index < -0.39 is 0 Å². The zero-order valence-corrected chi connectivity index (χ0v) is 14.6. The number of carbonyl (C=O) groups excluding carboxylic acids is 1. The number of fused-ring (bicyclic) bond motifs is 1. The number of ether oxygens (including phenoxy) is 1. The summed E-state index contributed by atoms with van der Waals surface area (Å²) in [5.41, 5.74) is 2.17. The predicted octanol–water partition coefficient (Wildman–Crippen LogP) is 4.34. The van der Waals surface area contributed by atoms with Crippen LogP contribution in [0.15, 0.2) is 83.4 Å². The molecule has 4 rings (SSSR count). The minimum absolute atomic E-state index is 0.243. The molecule has 0 aliphatic heterocycles. The van der Waals surface area contributed by atoms with Crippen molar-refractivity contribution in [2.45, 2.75) is 13.2 Å². The molecule has 2 aromatic carbocycles. The van der Waals surface area contributed by atoms with Crippen molar-refractivity contribution in [2.75, 3.05) is 0 Å². The molecule has 4 aromatic rings. The lowest BCUT2D eigenvalue weighted by Gasteiger charge is -2.07. The van der Waals surface area contributed by atoms with E-state index in [1.54, 1.807) is 6.20 Å². The maximum Gasteiger partial charge on any atom is 0.287 e. The second-order valence-electron chi connectivity index (χ2n) is 6.01. The average molecular weight is 358 g/mol. The fourth-order valence-electron chi connectivity index (χ4n) is 2.85. The largest absolute Gasteiger partial charge is 0.489 e. The molecule has 5 heteroatoms. The fourth-order valence-corrected chi connectivity index (χ4v) is 2.85. The van der Waals surface area contributed by atoms with Gasteiger partial charge in [-0.05, 0) is 30.3 Å². The van der Waals surface area contributed by atoms with Crippen LogP contribution < -0.4 is 10.1 Å². The normalized spacial score (nSPS) is 10.7. The first-order valence-electron chi connectivity index (χ1n) is 8.67. The molecule has 1 N–H and O–H groups in total. The van der Waals surface area contributed by atoms with Crippen molar-refractivity contribution in [1.82, 2.24) is 10.3 Å².